The van der Waals surface area contributed by atoms with Crippen molar-refractivity contribution in [2.45, 2.75) is 19.8 Å². The van der Waals surface area contributed by atoms with Gasteiger partial charge in [0, 0.05) is 18.7 Å². The van der Waals surface area contributed by atoms with Gasteiger partial charge in [-0.15, -0.1) is 0 Å². The summed E-state index contributed by atoms with van der Waals surface area (Å²) in [5.74, 6) is 0.486. The fourth-order valence-corrected chi connectivity index (χ4v) is 2.12. The van der Waals surface area contributed by atoms with Gasteiger partial charge in [0.05, 0.1) is 17.4 Å². The number of pyridine rings is 1. The quantitative estimate of drug-likeness (QED) is 0.808. The minimum absolute atomic E-state index is 0.242. The molecule has 0 N–H and O–H groups in total. The Bertz CT molecular complexity index is 557. The van der Waals surface area contributed by atoms with Crippen LogP contribution in [0.15, 0.2) is 30.6 Å². The van der Waals surface area contributed by atoms with Crippen LogP contribution in [0.25, 0.3) is 5.52 Å². The molecule has 0 aromatic carbocycles. The summed E-state index contributed by atoms with van der Waals surface area (Å²) in [5, 5.41) is 4.27. The van der Waals surface area contributed by atoms with E-state index in [0.29, 0.717) is 6.54 Å². The van der Waals surface area contributed by atoms with Crippen LogP contribution in [0.3, 0.4) is 0 Å². The molecule has 4 nitrogen and oxygen atoms in total. The van der Waals surface area contributed by atoms with E-state index < -0.39 is 0 Å². The highest BCUT2D eigenvalue weighted by Crippen LogP contribution is 2.33. The van der Waals surface area contributed by atoms with E-state index in [1.165, 1.54) is 0 Å². The van der Waals surface area contributed by atoms with E-state index in [0.717, 1.165) is 24.0 Å². The van der Waals surface area contributed by atoms with Crippen molar-refractivity contribution in [2.24, 2.45) is 5.92 Å². The zero-order valence-corrected chi connectivity index (χ0v) is 9.84. The number of anilines is 1. The van der Waals surface area contributed by atoms with Crippen LogP contribution < -0.4 is 4.90 Å². The Kier molecular flexibility index (Phi) is 2.35. The molecule has 17 heavy (non-hydrogen) atoms. The van der Waals surface area contributed by atoms with Crippen molar-refractivity contribution in [3.05, 3.63) is 30.6 Å². The van der Waals surface area contributed by atoms with Gasteiger partial charge in [-0.3, -0.25) is 4.79 Å². The Balaban J connectivity index is 2.03. The molecule has 1 fully saturated rings. The zero-order valence-electron chi connectivity index (χ0n) is 9.84. The van der Waals surface area contributed by atoms with Crippen molar-refractivity contribution in [1.29, 1.82) is 0 Å². The molecule has 1 saturated carbocycles. The Morgan fingerprint density at radius 3 is 3.06 bits per heavy atom. The topological polar surface area (TPSA) is 37.6 Å². The minimum Gasteiger partial charge on any atom is -0.309 e. The molecular formula is C13H15N3O. The molecule has 0 saturated heterocycles. The van der Waals surface area contributed by atoms with Crippen LogP contribution in [0.1, 0.15) is 19.8 Å². The van der Waals surface area contributed by atoms with Gasteiger partial charge in [-0.2, -0.15) is 5.10 Å². The van der Waals surface area contributed by atoms with Crippen LogP contribution in [-0.4, -0.2) is 22.1 Å². The van der Waals surface area contributed by atoms with E-state index in [1.54, 1.807) is 10.7 Å². The predicted octanol–water partition coefficient (Wildman–Crippen LogP) is 2.10. The molecule has 2 aromatic heterocycles. The highest BCUT2D eigenvalue weighted by Gasteiger charge is 2.34. The van der Waals surface area contributed by atoms with Crippen molar-refractivity contribution < 1.29 is 4.79 Å². The van der Waals surface area contributed by atoms with Crippen LogP contribution in [0.4, 0.5) is 5.69 Å². The highest BCUT2D eigenvalue weighted by atomic mass is 16.2. The Morgan fingerprint density at radius 1 is 1.53 bits per heavy atom. The van der Waals surface area contributed by atoms with Crippen molar-refractivity contribution >= 4 is 17.1 Å². The summed E-state index contributed by atoms with van der Waals surface area (Å²) in [6.07, 6.45) is 5.75. The molecule has 0 atom stereocenters. The van der Waals surface area contributed by atoms with Crippen molar-refractivity contribution in [2.75, 3.05) is 11.4 Å². The molecule has 0 spiro atoms. The number of nitrogens with zero attached hydrogens (tertiary/aromatic N) is 3. The summed E-state index contributed by atoms with van der Waals surface area (Å²) in [6, 6.07) is 5.89. The molecular weight excluding hydrogens is 214 g/mol. The van der Waals surface area contributed by atoms with Gasteiger partial charge in [-0.05, 0) is 31.9 Å². The first-order valence-corrected chi connectivity index (χ1v) is 6.05. The summed E-state index contributed by atoms with van der Waals surface area (Å²) < 4.78 is 1.80. The van der Waals surface area contributed by atoms with Crippen molar-refractivity contribution in [3.8, 4) is 0 Å². The van der Waals surface area contributed by atoms with Gasteiger partial charge in [0.2, 0.25) is 5.91 Å². The fourth-order valence-electron chi connectivity index (χ4n) is 2.12. The zero-order chi connectivity index (χ0) is 11.8. The molecule has 0 unspecified atom stereocenters. The number of fused-ring (bicyclic) bond motifs is 1. The second-order valence-electron chi connectivity index (χ2n) is 4.42. The van der Waals surface area contributed by atoms with Gasteiger partial charge in [0.15, 0.2) is 0 Å². The van der Waals surface area contributed by atoms with Crippen LogP contribution in [0.5, 0.6) is 0 Å². The number of carbonyl (C=O) groups is 1. The molecule has 3 rings (SSSR count). The molecule has 2 aromatic rings. The molecule has 1 aliphatic rings. The number of rotatable bonds is 3. The standard InChI is InChI=1S/C13H15N3O/c1-2-15(13(17)10-6-7-10)12-9-14-16-8-4-3-5-11(12)16/h3-5,8-10H,2,6-7H2,1H3. The van der Waals surface area contributed by atoms with Gasteiger partial charge >= 0.3 is 0 Å². The average molecular weight is 229 g/mol. The van der Waals surface area contributed by atoms with E-state index in [-0.39, 0.29) is 11.8 Å². The first-order valence-electron chi connectivity index (χ1n) is 6.05. The number of carbonyl (C=O) groups excluding carboxylic acids is 1. The largest absolute Gasteiger partial charge is 0.309 e. The molecule has 4 heteroatoms. The highest BCUT2D eigenvalue weighted by molar-refractivity contribution is 5.99. The van der Waals surface area contributed by atoms with Crippen LogP contribution in [0.2, 0.25) is 0 Å². The second kappa shape index (κ2) is 3.87. The summed E-state index contributed by atoms with van der Waals surface area (Å²) >= 11 is 0. The summed E-state index contributed by atoms with van der Waals surface area (Å²) in [5.41, 5.74) is 1.91. The number of amides is 1. The van der Waals surface area contributed by atoms with Crippen LogP contribution in [0, 0.1) is 5.92 Å². The van der Waals surface area contributed by atoms with Crippen molar-refractivity contribution in [3.63, 3.8) is 0 Å². The lowest BCUT2D eigenvalue weighted by Gasteiger charge is -2.19. The Morgan fingerprint density at radius 2 is 2.35 bits per heavy atom. The predicted molar refractivity (Wildman–Crippen MR) is 65.9 cm³/mol. The maximum Gasteiger partial charge on any atom is 0.230 e. The lowest BCUT2D eigenvalue weighted by atomic mass is 10.3. The third-order valence-corrected chi connectivity index (χ3v) is 3.21. The third-order valence-electron chi connectivity index (χ3n) is 3.21. The number of aromatic nitrogens is 2. The van der Waals surface area contributed by atoms with Crippen molar-refractivity contribution in [1.82, 2.24) is 9.61 Å². The van der Waals surface area contributed by atoms with E-state index in [1.807, 2.05) is 36.2 Å². The maximum absolute atomic E-state index is 12.2. The van der Waals surface area contributed by atoms with Crippen LogP contribution >= 0.6 is 0 Å². The molecule has 0 aliphatic heterocycles. The lowest BCUT2D eigenvalue weighted by molar-refractivity contribution is -0.119. The third kappa shape index (κ3) is 1.69. The smallest absolute Gasteiger partial charge is 0.230 e. The first kappa shape index (κ1) is 10.3. The van der Waals surface area contributed by atoms with Gasteiger partial charge in [-0.1, -0.05) is 6.07 Å². The second-order valence-corrected chi connectivity index (χ2v) is 4.42. The van der Waals surface area contributed by atoms with E-state index >= 15 is 0 Å². The number of hydrogen-bond donors (Lipinski definition) is 0. The normalized spacial score (nSPS) is 15.1. The molecule has 1 amide bonds. The molecule has 88 valence electrons. The summed E-state index contributed by atoms with van der Waals surface area (Å²) in [6.45, 7) is 2.71. The van der Waals surface area contributed by atoms with Gasteiger partial charge in [-0.25, -0.2) is 4.52 Å². The maximum atomic E-state index is 12.2. The number of hydrogen-bond acceptors (Lipinski definition) is 2. The molecule has 2 heterocycles. The molecule has 0 radical (unpaired) electrons. The average Bonchev–Trinajstić information content (AvgIpc) is 3.13. The monoisotopic (exact) mass is 229 g/mol. The molecule has 1 aliphatic carbocycles. The van der Waals surface area contributed by atoms with E-state index in [9.17, 15) is 4.79 Å². The Hall–Kier alpha value is -1.84. The van der Waals surface area contributed by atoms with Gasteiger partial charge < -0.3 is 4.90 Å². The Labute approximate surface area is 99.8 Å². The minimum atomic E-state index is 0.242. The first-order chi connectivity index (χ1) is 8.31. The fraction of sp³-hybridized carbons (Fsp3) is 0.385. The molecule has 0 bridgehead atoms. The van der Waals surface area contributed by atoms with E-state index in [2.05, 4.69) is 5.10 Å². The lowest BCUT2D eigenvalue weighted by Crippen LogP contribution is -2.31. The van der Waals surface area contributed by atoms with Gasteiger partial charge in [0.25, 0.3) is 0 Å². The summed E-state index contributed by atoms with van der Waals surface area (Å²) in [4.78, 5) is 14.0. The van der Waals surface area contributed by atoms with E-state index in [4.69, 9.17) is 0 Å². The summed E-state index contributed by atoms with van der Waals surface area (Å²) in [7, 11) is 0. The van der Waals surface area contributed by atoms with Gasteiger partial charge in [0.1, 0.15) is 0 Å². The SMILES string of the molecule is CCN(C(=O)C1CC1)c1cnn2ccccc12. The van der Waals surface area contributed by atoms with Crippen LogP contribution in [-0.2, 0) is 4.79 Å².